The highest BCUT2D eigenvalue weighted by Crippen LogP contribution is 2.39. The number of nitrogens with zero attached hydrogens (tertiary/aromatic N) is 1. The van der Waals surface area contributed by atoms with Crippen LogP contribution in [0.1, 0.15) is 67.9 Å². The lowest BCUT2D eigenvalue weighted by Gasteiger charge is -2.20. The number of anilines is 3. The number of rotatable bonds is 8. The van der Waals surface area contributed by atoms with Crippen molar-refractivity contribution in [2.75, 3.05) is 35.6 Å². The number of likely N-dealkylation sites (tertiary alicyclic amines) is 1. The normalized spacial score (nSPS) is 19.2. The van der Waals surface area contributed by atoms with Crippen LogP contribution in [0.3, 0.4) is 0 Å². The number of nitrogens with one attached hydrogen (secondary N) is 3. The third-order valence-electron chi connectivity index (χ3n) is 7.07. The largest absolute Gasteiger partial charge is 0.416 e. The first-order valence-corrected chi connectivity index (χ1v) is 12.5. The van der Waals surface area contributed by atoms with E-state index in [-0.39, 0.29) is 23.2 Å². The Morgan fingerprint density at radius 3 is 2.67 bits per heavy atom. The Balaban J connectivity index is 1.53. The number of hydrogen-bond donors (Lipinski definition) is 3. The Kier molecular flexibility index (Phi) is 7.31. The average molecular weight is 503 g/mol. The van der Waals surface area contributed by atoms with Gasteiger partial charge in [0.25, 0.3) is 5.91 Å². The molecule has 2 aliphatic heterocycles. The Morgan fingerprint density at radius 1 is 1.17 bits per heavy atom. The third kappa shape index (κ3) is 5.51. The van der Waals surface area contributed by atoms with Crippen LogP contribution in [0.25, 0.3) is 0 Å². The van der Waals surface area contributed by atoms with Crippen molar-refractivity contribution in [3.8, 4) is 0 Å². The van der Waals surface area contributed by atoms with Crippen molar-refractivity contribution in [2.24, 2.45) is 0 Å². The number of carbonyl (C=O) groups is 2. The topological polar surface area (TPSA) is 73.5 Å². The van der Waals surface area contributed by atoms with Gasteiger partial charge in [-0.05, 0) is 69.1 Å². The summed E-state index contributed by atoms with van der Waals surface area (Å²) in [4.78, 5) is 27.7. The van der Waals surface area contributed by atoms with Gasteiger partial charge in [0, 0.05) is 36.2 Å². The van der Waals surface area contributed by atoms with E-state index in [9.17, 15) is 22.8 Å². The summed E-state index contributed by atoms with van der Waals surface area (Å²) in [5.41, 5.74) is 0.714. The van der Waals surface area contributed by atoms with E-state index < -0.39 is 23.1 Å². The molecule has 3 N–H and O–H groups in total. The number of carbonyl (C=O) groups excluding carboxylic acids is 2. The summed E-state index contributed by atoms with van der Waals surface area (Å²) in [6.07, 6.45) is -0.343. The first kappa shape index (κ1) is 26.0. The molecule has 1 saturated heterocycles. The maximum Gasteiger partial charge on any atom is 0.416 e. The van der Waals surface area contributed by atoms with Gasteiger partial charge in [0.15, 0.2) is 0 Å². The Hall–Kier alpha value is -3.07. The molecule has 9 heteroatoms. The van der Waals surface area contributed by atoms with Crippen molar-refractivity contribution in [2.45, 2.75) is 64.1 Å². The van der Waals surface area contributed by atoms with Gasteiger partial charge in [0.05, 0.1) is 16.5 Å². The van der Waals surface area contributed by atoms with E-state index in [1.165, 1.54) is 6.07 Å². The molecule has 4 rings (SSSR count). The van der Waals surface area contributed by atoms with Crippen molar-refractivity contribution in [3.05, 3.63) is 53.1 Å². The van der Waals surface area contributed by atoms with Gasteiger partial charge in [0.2, 0.25) is 5.91 Å². The summed E-state index contributed by atoms with van der Waals surface area (Å²) in [7, 11) is 0. The molecule has 2 aromatic carbocycles. The smallest absolute Gasteiger partial charge is 0.380 e. The van der Waals surface area contributed by atoms with E-state index in [4.69, 9.17) is 0 Å². The monoisotopic (exact) mass is 502 g/mol. The molecule has 6 nitrogen and oxygen atoms in total. The van der Waals surface area contributed by atoms with Gasteiger partial charge in [-0.15, -0.1) is 0 Å². The zero-order valence-corrected chi connectivity index (χ0v) is 20.9. The van der Waals surface area contributed by atoms with Gasteiger partial charge < -0.3 is 20.9 Å². The van der Waals surface area contributed by atoms with Crippen LogP contribution in [0.4, 0.5) is 30.2 Å². The van der Waals surface area contributed by atoms with Gasteiger partial charge in [-0.25, -0.2) is 0 Å². The minimum Gasteiger partial charge on any atom is -0.380 e. The lowest BCUT2D eigenvalue weighted by molar-refractivity contribution is -0.137. The van der Waals surface area contributed by atoms with Crippen LogP contribution in [0.2, 0.25) is 0 Å². The van der Waals surface area contributed by atoms with Crippen LogP contribution in [-0.4, -0.2) is 42.4 Å². The second-order valence-corrected chi connectivity index (χ2v) is 10.2. The SMILES string of the molecule is CCCCCN1CC[C@H](Nc2cc(C(F)(F)F)ccc2C(=O)Nc2ccc3c(c2)NC(=O)C3(C)C)C1. The molecule has 0 unspecified atom stereocenters. The fraction of sp³-hybridized carbons (Fsp3) is 0.481. The first-order valence-electron chi connectivity index (χ1n) is 12.5. The van der Waals surface area contributed by atoms with Gasteiger partial charge in [-0.1, -0.05) is 25.8 Å². The number of amides is 2. The molecule has 0 saturated carbocycles. The molecule has 0 spiro atoms. The van der Waals surface area contributed by atoms with Crippen molar-refractivity contribution in [1.82, 2.24) is 4.90 Å². The van der Waals surface area contributed by atoms with Crippen molar-refractivity contribution in [1.29, 1.82) is 0 Å². The van der Waals surface area contributed by atoms with Crippen LogP contribution < -0.4 is 16.0 Å². The Morgan fingerprint density at radius 2 is 1.94 bits per heavy atom. The van der Waals surface area contributed by atoms with Gasteiger partial charge in [-0.2, -0.15) is 13.2 Å². The quantitative estimate of drug-likeness (QED) is 0.395. The van der Waals surface area contributed by atoms with Crippen molar-refractivity contribution >= 4 is 28.9 Å². The number of alkyl halides is 3. The summed E-state index contributed by atoms with van der Waals surface area (Å²) in [6.45, 7) is 8.35. The van der Waals surface area contributed by atoms with Gasteiger partial charge in [0.1, 0.15) is 0 Å². The molecule has 2 aromatic rings. The summed E-state index contributed by atoms with van der Waals surface area (Å²) in [5.74, 6) is -0.650. The van der Waals surface area contributed by atoms with Crippen LogP contribution >= 0.6 is 0 Å². The minimum atomic E-state index is -4.52. The number of fused-ring (bicyclic) bond motifs is 1. The van der Waals surface area contributed by atoms with Crippen LogP contribution in [0.15, 0.2) is 36.4 Å². The summed E-state index contributed by atoms with van der Waals surface area (Å²) >= 11 is 0. The fourth-order valence-electron chi connectivity index (χ4n) is 4.87. The number of hydrogen-bond acceptors (Lipinski definition) is 4. The van der Waals surface area contributed by atoms with E-state index in [1.807, 2.05) is 13.8 Å². The molecule has 0 aliphatic carbocycles. The van der Waals surface area contributed by atoms with Gasteiger partial charge >= 0.3 is 6.18 Å². The first-order chi connectivity index (χ1) is 17.0. The summed E-state index contributed by atoms with van der Waals surface area (Å²) in [6, 6.07) is 8.26. The average Bonchev–Trinajstić information content (AvgIpc) is 3.34. The van der Waals surface area contributed by atoms with Crippen LogP contribution in [-0.2, 0) is 16.4 Å². The molecule has 1 atom stereocenters. The molecule has 2 aliphatic rings. The maximum atomic E-state index is 13.4. The molecule has 0 bridgehead atoms. The fourth-order valence-corrected chi connectivity index (χ4v) is 4.87. The standard InChI is InChI=1S/C27H33F3N4O2/c1-4-5-6-12-34-13-11-19(16-34)31-22-14-17(27(28,29)30)7-9-20(22)24(35)32-18-8-10-21-23(15-18)33-25(36)26(21,2)3/h7-10,14-15,19,31H,4-6,11-13,16H2,1-3H3,(H,32,35)(H,33,36)/t19-/m0/s1. The lowest BCUT2D eigenvalue weighted by atomic mass is 9.86. The van der Waals surface area contributed by atoms with Gasteiger partial charge in [-0.3, -0.25) is 9.59 Å². The second kappa shape index (κ2) is 10.1. The highest BCUT2D eigenvalue weighted by Gasteiger charge is 2.38. The predicted octanol–water partition coefficient (Wildman–Crippen LogP) is 5.86. The highest BCUT2D eigenvalue weighted by molar-refractivity contribution is 6.10. The molecular formula is C27H33F3N4O2. The summed E-state index contributed by atoms with van der Waals surface area (Å²) < 4.78 is 40.3. The zero-order chi connectivity index (χ0) is 26.1. The number of benzene rings is 2. The molecule has 2 amide bonds. The van der Waals surface area contributed by atoms with E-state index >= 15 is 0 Å². The second-order valence-electron chi connectivity index (χ2n) is 10.2. The summed E-state index contributed by atoms with van der Waals surface area (Å²) in [5, 5.41) is 8.80. The highest BCUT2D eigenvalue weighted by atomic mass is 19.4. The molecule has 1 fully saturated rings. The molecule has 0 aromatic heterocycles. The van der Waals surface area contributed by atoms with E-state index in [0.29, 0.717) is 11.4 Å². The molecule has 194 valence electrons. The van der Waals surface area contributed by atoms with Crippen molar-refractivity contribution < 1.29 is 22.8 Å². The molecule has 36 heavy (non-hydrogen) atoms. The molecule has 2 heterocycles. The number of unbranched alkanes of at least 4 members (excludes halogenated alkanes) is 2. The van der Waals surface area contributed by atoms with Crippen LogP contribution in [0.5, 0.6) is 0 Å². The third-order valence-corrected chi connectivity index (χ3v) is 7.07. The van der Waals surface area contributed by atoms with E-state index in [1.54, 1.807) is 18.2 Å². The minimum absolute atomic E-state index is 0.0425. The van der Waals surface area contributed by atoms with E-state index in [0.717, 1.165) is 63.0 Å². The maximum absolute atomic E-state index is 13.4. The predicted molar refractivity (Wildman–Crippen MR) is 135 cm³/mol. The van der Waals surface area contributed by atoms with Crippen molar-refractivity contribution in [3.63, 3.8) is 0 Å². The Bertz CT molecular complexity index is 1150. The zero-order valence-electron chi connectivity index (χ0n) is 20.9. The molecule has 0 radical (unpaired) electrons. The Labute approximate surface area is 209 Å². The lowest BCUT2D eigenvalue weighted by Crippen LogP contribution is -2.28. The van der Waals surface area contributed by atoms with E-state index in [2.05, 4.69) is 27.8 Å². The molecular weight excluding hydrogens is 469 g/mol. The van der Waals surface area contributed by atoms with Crippen LogP contribution in [0, 0.1) is 0 Å². The number of halogens is 3.